The van der Waals surface area contributed by atoms with Crippen LogP contribution in [-0.2, 0) is 14.4 Å². The molecule has 11 heteroatoms. The number of aromatic amines is 1. The first-order chi connectivity index (χ1) is 19.1. The van der Waals surface area contributed by atoms with E-state index in [1.54, 1.807) is 13.2 Å². The van der Waals surface area contributed by atoms with E-state index in [1.807, 2.05) is 32.0 Å². The summed E-state index contributed by atoms with van der Waals surface area (Å²) in [6.45, 7) is 3.21. The number of amides is 3. The summed E-state index contributed by atoms with van der Waals surface area (Å²) in [5.74, 6) is -1.08. The van der Waals surface area contributed by atoms with Crippen LogP contribution in [0.5, 0.6) is 5.75 Å². The summed E-state index contributed by atoms with van der Waals surface area (Å²) >= 11 is 0.987. The van der Waals surface area contributed by atoms with Gasteiger partial charge in [0.25, 0.3) is 5.91 Å². The number of ether oxygens (including phenoxy) is 1. The average Bonchev–Trinajstić information content (AvgIpc) is 3.50. The third-order valence-corrected chi connectivity index (χ3v) is 8.94. The molecule has 1 aliphatic heterocycles. The highest BCUT2D eigenvalue weighted by Gasteiger charge is 2.45. The molecule has 3 amide bonds. The van der Waals surface area contributed by atoms with Crippen molar-refractivity contribution in [3.8, 4) is 5.75 Å². The number of Topliss-reactive ketones (excluding diaryl/α,β-unsaturated/α-hetero) is 1. The van der Waals surface area contributed by atoms with E-state index in [9.17, 15) is 24.3 Å². The number of aliphatic hydroxyl groups excluding tert-OH is 1. The van der Waals surface area contributed by atoms with Gasteiger partial charge in [-0.3, -0.25) is 23.9 Å². The monoisotopic (exact) mass is 572 g/mol. The van der Waals surface area contributed by atoms with Crippen molar-refractivity contribution in [1.82, 2.24) is 20.3 Å². The minimum Gasteiger partial charge on any atom is -0.496 e. The zero-order chi connectivity index (χ0) is 28.9. The van der Waals surface area contributed by atoms with Gasteiger partial charge in [-0.25, -0.2) is 0 Å². The van der Waals surface area contributed by atoms with Crippen molar-refractivity contribution >= 4 is 46.4 Å². The van der Waals surface area contributed by atoms with Gasteiger partial charge in [0.15, 0.2) is 5.78 Å². The SMILES string of the molecule is COc1cccc2[nH]c(C(=O)NS[C@@H](CC(C)C)C(=O)NC(CC3CC4(CCCCC4)NC3=O)C(=O)CO)cc12. The number of benzene rings is 1. The second-order valence-electron chi connectivity index (χ2n) is 11.4. The molecule has 3 atom stereocenters. The van der Waals surface area contributed by atoms with Crippen LogP contribution in [0, 0.1) is 11.8 Å². The Balaban J connectivity index is 1.41. The number of H-pyrrole nitrogens is 1. The fourth-order valence-corrected chi connectivity index (χ4v) is 6.92. The van der Waals surface area contributed by atoms with Crippen molar-refractivity contribution in [1.29, 1.82) is 0 Å². The van der Waals surface area contributed by atoms with Crippen LogP contribution in [-0.4, -0.2) is 64.1 Å². The lowest BCUT2D eigenvalue weighted by Gasteiger charge is -2.33. The summed E-state index contributed by atoms with van der Waals surface area (Å²) < 4.78 is 8.13. The molecule has 1 aliphatic carbocycles. The first kappa shape index (κ1) is 29.9. The fourth-order valence-electron chi connectivity index (χ4n) is 5.90. The van der Waals surface area contributed by atoms with E-state index in [-0.39, 0.29) is 23.8 Å². The lowest BCUT2D eigenvalue weighted by atomic mass is 9.78. The van der Waals surface area contributed by atoms with Gasteiger partial charge in [0.05, 0.1) is 13.2 Å². The van der Waals surface area contributed by atoms with E-state index in [4.69, 9.17) is 4.74 Å². The maximum absolute atomic E-state index is 13.4. The first-order valence-electron chi connectivity index (χ1n) is 14.0. The van der Waals surface area contributed by atoms with Crippen LogP contribution in [0.4, 0.5) is 0 Å². The predicted molar refractivity (Wildman–Crippen MR) is 154 cm³/mol. The van der Waals surface area contributed by atoms with Crippen LogP contribution >= 0.6 is 11.9 Å². The van der Waals surface area contributed by atoms with Crippen molar-refractivity contribution in [3.05, 3.63) is 30.0 Å². The fraction of sp³-hybridized carbons (Fsp3) is 0.586. The molecule has 4 rings (SSSR count). The van der Waals surface area contributed by atoms with E-state index < -0.39 is 41.4 Å². The normalized spacial score (nSPS) is 19.8. The van der Waals surface area contributed by atoms with E-state index in [0.29, 0.717) is 24.3 Å². The second-order valence-corrected chi connectivity index (χ2v) is 12.4. The van der Waals surface area contributed by atoms with Gasteiger partial charge in [-0.15, -0.1) is 0 Å². The van der Waals surface area contributed by atoms with E-state index in [1.165, 1.54) is 0 Å². The van der Waals surface area contributed by atoms with Crippen LogP contribution in [0.1, 0.15) is 75.7 Å². The molecule has 2 heterocycles. The van der Waals surface area contributed by atoms with Gasteiger partial charge in [0.1, 0.15) is 23.3 Å². The highest BCUT2D eigenvalue weighted by molar-refractivity contribution is 7.99. The molecule has 1 aromatic heterocycles. The lowest BCUT2D eigenvalue weighted by molar-refractivity contribution is -0.130. The molecule has 2 unspecified atom stereocenters. The van der Waals surface area contributed by atoms with Gasteiger partial charge in [-0.05, 0) is 68.2 Å². The molecule has 0 radical (unpaired) electrons. The molecule has 1 saturated heterocycles. The number of aromatic nitrogens is 1. The summed E-state index contributed by atoms with van der Waals surface area (Å²) in [6.07, 6.45) is 6.36. The summed E-state index contributed by atoms with van der Waals surface area (Å²) in [5, 5.41) is 15.6. The standard InChI is InChI=1S/C29H40N4O6S/c1-17(2)12-25(40-33-27(37)22-14-19-20(30-22)8-7-9-24(19)39-3)28(38)31-21(23(35)16-34)13-18-15-29(32-26(18)36)10-5-4-6-11-29/h7-9,14,17-18,21,25,30,34H,4-6,10-13,15-16H2,1-3H3,(H,31,38)(H,32,36)(H,33,37)/t18?,21?,25-/m0/s1. The van der Waals surface area contributed by atoms with Gasteiger partial charge in [0, 0.05) is 22.4 Å². The topological polar surface area (TPSA) is 150 Å². The molecule has 40 heavy (non-hydrogen) atoms. The minimum absolute atomic E-state index is 0.0952. The lowest BCUT2D eigenvalue weighted by Crippen LogP contribution is -2.48. The van der Waals surface area contributed by atoms with Gasteiger partial charge >= 0.3 is 0 Å². The Labute approximate surface area is 238 Å². The smallest absolute Gasteiger partial charge is 0.277 e. The molecule has 10 nitrogen and oxygen atoms in total. The van der Waals surface area contributed by atoms with Gasteiger partial charge in [0.2, 0.25) is 11.8 Å². The summed E-state index contributed by atoms with van der Waals surface area (Å²) in [6, 6.07) is 6.19. The average molecular weight is 573 g/mol. The van der Waals surface area contributed by atoms with Crippen molar-refractivity contribution in [2.45, 2.75) is 82.0 Å². The van der Waals surface area contributed by atoms with Crippen LogP contribution < -0.4 is 20.1 Å². The summed E-state index contributed by atoms with van der Waals surface area (Å²) in [7, 11) is 1.56. The van der Waals surface area contributed by atoms with E-state index in [0.717, 1.165) is 55.0 Å². The van der Waals surface area contributed by atoms with Crippen molar-refractivity contribution in [2.75, 3.05) is 13.7 Å². The number of rotatable bonds is 12. The maximum atomic E-state index is 13.4. The zero-order valence-corrected chi connectivity index (χ0v) is 24.2. The molecule has 218 valence electrons. The van der Waals surface area contributed by atoms with E-state index in [2.05, 4.69) is 20.3 Å². The number of carbonyl (C=O) groups excluding carboxylic acids is 4. The third-order valence-electron chi connectivity index (χ3n) is 7.95. The highest BCUT2D eigenvalue weighted by atomic mass is 32.2. The van der Waals surface area contributed by atoms with Crippen molar-refractivity contribution in [2.24, 2.45) is 11.8 Å². The van der Waals surface area contributed by atoms with Crippen molar-refractivity contribution in [3.63, 3.8) is 0 Å². The van der Waals surface area contributed by atoms with E-state index >= 15 is 0 Å². The Bertz CT molecular complexity index is 1240. The van der Waals surface area contributed by atoms with Crippen LogP contribution in [0.3, 0.4) is 0 Å². The molecular formula is C29H40N4O6S. The Morgan fingerprint density at radius 2 is 1.95 bits per heavy atom. The molecule has 2 fully saturated rings. The zero-order valence-electron chi connectivity index (χ0n) is 23.4. The Hall–Kier alpha value is -3.05. The molecule has 1 saturated carbocycles. The molecule has 1 aromatic carbocycles. The number of hydrogen-bond acceptors (Lipinski definition) is 7. The minimum atomic E-state index is -0.987. The highest BCUT2D eigenvalue weighted by Crippen LogP contribution is 2.39. The summed E-state index contributed by atoms with van der Waals surface area (Å²) in [4.78, 5) is 54.9. The molecule has 2 aromatic rings. The molecule has 5 N–H and O–H groups in total. The van der Waals surface area contributed by atoms with Crippen molar-refractivity contribution < 1.29 is 29.0 Å². The van der Waals surface area contributed by atoms with Gasteiger partial charge in [-0.2, -0.15) is 0 Å². The maximum Gasteiger partial charge on any atom is 0.277 e. The predicted octanol–water partition coefficient (Wildman–Crippen LogP) is 3.24. The second kappa shape index (κ2) is 13.1. The Kier molecular flexibility index (Phi) is 9.78. The quantitative estimate of drug-likeness (QED) is 0.245. The Morgan fingerprint density at radius 3 is 2.62 bits per heavy atom. The number of hydrogen-bond donors (Lipinski definition) is 5. The molecular weight excluding hydrogens is 532 g/mol. The number of ketones is 1. The number of aliphatic hydroxyl groups is 1. The van der Waals surface area contributed by atoms with Crippen LogP contribution in [0.25, 0.3) is 10.9 Å². The number of methoxy groups -OCH3 is 1. The number of carbonyl (C=O) groups is 4. The van der Waals surface area contributed by atoms with Crippen LogP contribution in [0.2, 0.25) is 0 Å². The first-order valence-corrected chi connectivity index (χ1v) is 14.9. The third kappa shape index (κ3) is 6.98. The largest absolute Gasteiger partial charge is 0.496 e. The Morgan fingerprint density at radius 1 is 1.20 bits per heavy atom. The molecule has 0 bridgehead atoms. The van der Waals surface area contributed by atoms with Gasteiger partial charge in [-0.1, -0.05) is 39.2 Å². The van der Waals surface area contributed by atoms with Gasteiger partial charge < -0.3 is 25.5 Å². The molecule has 2 aliphatic rings. The van der Waals surface area contributed by atoms with Crippen LogP contribution in [0.15, 0.2) is 24.3 Å². The number of nitrogens with one attached hydrogen (secondary N) is 4. The molecule has 1 spiro atoms. The summed E-state index contributed by atoms with van der Waals surface area (Å²) in [5.41, 5.74) is 0.860. The number of fused-ring (bicyclic) bond motifs is 1.